The predicted octanol–water partition coefficient (Wildman–Crippen LogP) is 2.83. The minimum Gasteiger partial charge on any atom is -0.339 e. The Labute approximate surface area is 141 Å². The van der Waals surface area contributed by atoms with Gasteiger partial charge >= 0.3 is 0 Å². The highest BCUT2D eigenvalue weighted by atomic mass is 32.2. The van der Waals surface area contributed by atoms with Gasteiger partial charge in [-0.3, -0.25) is 4.21 Å². The van der Waals surface area contributed by atoms with E-state index in [1.165, 1.54) is 0 Å². The molecule has 3 rings (SSSR count). The molecule has 0 radical (unpaired) electrons. The predicted molar refractivity (Wildman–Crippen MR) is 88.3 cm³/mol. The molecule has 1 atom stereocenters. The average molecular weight is 346 g/mol. The summed E-state index contributed by atoms with van der Waals surface area (Å²) >= 11 is 0. The van der Waals surface area contributed by atoms with Crippen LogP contribution in [0.4, 0.5) is 0 Å². The van der Waals surface area contributed by atoms with E-state index in [1.54, 1.807) is 0 Å². The van der Waals surface area contributed by atoms with Crippen LogP contribution in [-0.2, 0) is 28.7 Å². The minimum atomic E-state index is -1.24. The van der Waals surface area contributed by atoms with Crippen molar-refractivity contribution >= 4 is 10.8 Å². The van der Waals surface area contributed by atoms with Gasteiger partial charge in [-0.1, -0.05) is 41.5 Å². The summed E-state index contributed by atoms with van der Waals surface area (Å²) in [5, 5.41) is 7.80. The van der Waals surface area contributed by atoms with Gasteiger partial charge in [-0.2, -0.15) is 9.97 Å². The molecule has 0 aliphatic carbocycles. The second-order valence-electron chi connectivity index (χ2n) is 5.41. The van der Waals surface area contributed by atoms with E-state index in [1.807, 2.05) is 38.1 Å². The van der Waals surface area contributed by atoms with Gasteiger partial charge in [0.2, 0.25) is 17.6 Å². The summed E-state index contributed by atoms with van der Waals surface area (Å²) in [6, 6.07) is 7.77. The van der Waals surface area contributed by atoms with Crippen LogP contribution in [0.25, 0.3) is 11.4 Å². The molecule has 3 aromatic rings. The number of hydrogen-bond acceptors (Lipinski definition) is 7. The lowest BCUT2D eigenvalue weighted by Crippen LogP contribution is -2.01. The van der Waals surface area contributed by atoms with Crippen LogP contribution in [-0.4, -0.2) is 24.5 Å². The zero-order chi connectivity index (χ0) is 16.9. The molecule has 0 amide bonds. The molecule has 126 valence electrons. The molecule has 0 spiro atoms. The lowest BCUT2D eigenvalue weighted by atomic mass is 10.1. The Morgan fingerprint density at radius 1 is 1.04 bits per heavy atom. The van der Waals surface area contributed by atoms with Crippen LogP contribution in [0.3, 0.4) is 0 Å². The molecular formula is C16H18N4O3S. The molecule has 0 aliphatic rings. The van der Waals surface area contributed by atoms with Crippen LogP contribution in [0.2, 0.25) is 0 Å². The number of aryl methyl sites for hydroxylation is 2. The molecule has 0 fully saturated rings. The van der Waals surface area contributed by atoms with E-state index in [9.17, 15) is 4.21 Å². The first-order valence-electron chi connectivity index (χ1n) is 7.70. The highest BCUT2D eigenvalue weighted by Crippen LogP contribution is 2.20. The SMILES string of the molecule is CCCc1nc(C[S@@](=O)Cc2nc(-c3ccccc3C)no2)no1. The summed E-state index contributed by atoms with van der Waals surface area (Å²) in [7, 11) is -1.24. The van der Waals surface area contributed by atoms with E-state index >= 15 is 0 Å². The Morgan fingerprint density at radius 2 is 1.83 bits per heavy atom. The van der Waals surface area contributed by atoms with Gasteiger partial charge in [-0.15, -0.1) is 0 Å². The van der Waals surface area contributed by atoms with Gasteiger partial charge in [-0.25, -0.2) is 0 Å². The van der Waals surface area contributed by atoms with E-state index in [2.05, 4.69) is 20.3 Å². The fourth-order valence-electron chi connectivity index (χ4n) is 2.24. The van der Waals surface area contributed by atoms with Gasteiger partial charge in [0.25, 0.3) is 0 Å². The first kappa shape index (κ1) is 16.5. The topological polar surface area (TPSA) is 94.9 Å². The highest BCUT2D eigenvalue weighted by Gasteiger charge is 2.15. The lowest BCUT2D eigenvalue weighted by molar-refractivity contribution is 0.373. The monoisotopic (exact) mass is 346 g/mol. The second-order valence-corrected chi connectivity index (χ2v) is 6.87. The summed E-state index contributed by atoms with van der Waals surface area (Å²) in [5.74, 6) is 2.22. The Bertz CT molecular complexity index is 843. The van der Waals surface area contributed by atoms with E-state index in [0.717, 1.165) is 24.0 Å². The summed E-state index contributed by atoms with van der Waals surface area (Å²) in [6.45, 7) is 4.01. The Hall–Kier alpha value is -2.35. The molecule has 0 bridgehead atoms. The van der Waals surface area contributed by atoms with Gasteiger partial charge in [0.1, 0.15) is 5.75 Å². The average Bonchev–Trinajstić information content (AvgIpc) is 3.18. The summed E-state index contributed by atoms with van der Waals surface area (Å²) in [6.07, 6.45) is 1.65. The molecule has 2 aromatic heterocycles. The lowest BCUT2D eigenvalue weighted by Gasteiger charge is -1.98. The van der Waals surface area contributed by atoms with E-state index < -0.39 is 10.8 Å². The number of rotatable bonds is 7. The molecule has 7 nitrogen and oxygen atoms in total. The van der Waals surface area contributed by atoms with Crippen molar-refractivity contribution in [3.8, 4) is 11.4 Å². The van der Waals surface area contributed by atoms with Crippen molar-refractivity contribution in [1.82, 2.24) is 20.3 Å². The second kappa shape index (κ2) is 7.48. The Morgan fingerprint density at radius 3 is 2.62 bits per heavy atom. The number of benzene rings is 1. The van der Waals surface area contributed by atoms with Crippen LogP contribution in [0, 0.1) is 6.92 Å². The molecule has 1 aromatic carbocycles. The third-order valence-corrected chi connectivity index (χ3v) is 4.55. The molecule has 0 unspecified atom stereocenters. The van der Waals surface area contributed by atoms with Crippen LogP contribution < -0.4 is 0 Å². The Balaban J connectivity index is 1.64. The molecule has 24 heavy (non-hydrogen) atoms. The number of hydrogen-bond donors (Lipinski definition) is 0. The first-order valence-corrected chi connectivity index (χ1v) is 9.19. The van der Waals surface area contributed by atoms with Crippen molar-refractivity contribution in [3.05, 3.63) is 47.4 Å². The van der Waals surface area contributed by atoms with Crippen molar-refractivity contribution in [2.45, 2.75) is 38.2 Å². The maximum absolute atomic E-state index is 12.2. The number of nitrogens with zero attached hydrogens (tertiary/aromatic N) is 4. The van der Waals surface area contributed by atoms with Crippen molar-refractivity contribution in [3.63, 3.8) is 0 Å². The normalized spacial score (nSPS) is 12.4. The molecule has 0 saturated heterocycles. The standard InChI is InChI=1S/C16H18N4O3S/c1-3-6-14-17-13(19-22-14)9-24(21)10-15-18-16(20-23-15)12-8-5-4-7-11(12)2/h4-5,7-8H,3,6,9-10H2,1-2H3/t24-/m1/s1. The molecule has 0 saturated carbocycles. The van der Waals surface area contributed by atoms with E-state index in [0.29, 0.717) is 23.4 Å². The van der Waals surface area contributed by atoms with Gasteiger partial charge in [-0.05, 0) is 18.9 Å². The molecule has 2 heterocycles. The van der Waals surface area contributed by atoms with E-state index in [4.69, 9.17) is 9.05 Å². The zero-order valence-corrected chi connectivity index (χ0v) is 14.4. The summed E-state index contributed by atoms with van der Waals surface area (Å²) < 4.78 is 22.5. The van der Waals surface area contributed by atoms with Crippen LogP contribution in [0.1, 0.15) is 36.5 Å². The fourth-order valence-corrected chi connectivity index (χ4v) is 3.14. The fraction of sp³-hybridized carbons (Fsp3) is 0.375. The quantitative estimate of drug-likeness (QED) is 0.649. The van der Waals surface area contributed by atoms with Gasteiger partial charge in [0, 0.05) is 22.8 Å². The van der Waals surface area contributed by atoms with Crippen LogP contribution >= 0.6 is 0 Å². The van der Waals surface area contributed by atoms with Crippen LogP contribution in [0.5, 0.6) is 0 Å². The van der Waals surface area contributed by atoms with Crippen molar-refractivity contribution < 1.29 is 13.3 Å². The zero-order valence-electron chi connectivity index (χ0n) is 13.6. The third kappa shape index (κ3) is 3.94. The molecule has 8 heteroatoms. The first-order chi connectivity index (χ1) is 11.7. The van der Waals surface area contributed by atoms with Crippen molar-refractivity contribution in [2.75, 3.05) is 0 Å². The van der Waals surface area contributed by atoms with Crippen LogP contribution in [0.15, 0.2) is 33.3 Å². The maximum Gasteiger partial charge on any atom is 0.239 e. The van der Waals surface area contributed by atoms with Gasteiger partial charge < -0.3 is 9.05 Å². The summed E-state index contributed by atoms with van der Waals surface area (Å²) in [4.78, 5) is 8.53. The highest BCUT2D eigenvalue weighted by molar-refractivity contribution is 7.83. The van der Waals surface area contributed by atoms with E-state index in [-0.39, 0.29) is 11.5 Å². The molecular weight excluding hydrogens is 328 g/mol. The Kier molecular flexibility index (Phi) is 5.14. The van der Waals surface area contributed by atoms with Gasteiger partial charge in [0.15, 0.2) is 5.82 Å². The van der Waals surface area contributed by atoms with Crippen molar-refractivity contribution in [1.29, 1.82) is 0 Å². The smallest absolute Gasteiger partial charge is 0.239 e. The maximum atomic E-state index is 12.2. The molecule has 0 aliphatic heterocycles. The number of aromatic nitrogens is 4. The minimum absolute atomic E-state index is 0.163. The molecule has 0 N–H and O–H groups in total. The van der Waals surface area contributed by atoms with Gasteiger partial charge in [0.05, 0.1) is 5.75 Å². The van der Waals surface area contributed by atoms with Crippen molar-refractivity contribution in [2.24, 2.45) is 0 Å². The summed E-state index contributed by atoms with van der Waals surface area (Å²) in [5.41, 5.74) is 1.96. The largest absolute Gasteiger partial charge is 0.339 e. The third-order valence-electron chi connectivity index (χ3n) is 3.40.